The maximum Gasteiger partial charge on any atom is 0.140 e. The van der Waals surface area contributed by atoms with Gasteiger partial charge in [0, 0.05) is 24.1 Å². The third-order valence-corrected chi connectivity index (χ3v) is 4.92. The second kappa shape index (κ2) is 5.51. The second-order valence-electron chi connectivity index (χ2n) is 7.92. The average molecular weight is 278 g/mol. The molecule has 2 rings (SSSR count). The number of aromatic nitrogens is 1. The van der Waals surface area contributed by atoms with Crippen LogP contribution in [0, 0.1) is 11.3 Å². The van der Waals surface area contributed by atoms with E-state index in [0.29, 0.717) is 5.41 Å². The molecule has 3 heteroatoms. The summed E-state index contributed by atoms with van der Waals surface area (Å²) in [5.41, 5.74) is 3.01. The van der Waals surface area contributed by atoms with Crippen molar-refractivity contribution in [2.75, 3.05) is 0 Å². The maximum atomic E-state index is 5.56. The van der Waals surface area contributed by atoms with Crippen LogP contribution < -0.4 is 5.32 Å². The molecule has 114 valence electrons. The van der Waals surface area contributed by atoms with E-state index in [1.54, 1.807) is 0 Å². The van der Waals surface area contributed by atoms with Crippen LogP contribution in [-0.4, -0.2) is 10.7 Å². The molecule has 0 saturated heterocycles. The van der Waals surface area contributed by atoms with Gasteiger partial charge >= 0.3 is 0 Å². The van der Waals surface area contributed by atoms with E-state index in [1.807, 2.05) is 0 Å². The Balaban J connectivity index is 2.12. The molecule has 1 aromatic heterocycles. The molecule has 1 heterocycles. The average Bonchev–Trinajstić information content (AvgIpc) is 2.77. The molecule has 1 N–H and O–H groups in total. The molecule has 0 radical (unpaired) electrons. The minimum Gasteiger partial charge on any atom is -0.361 e. The van der Waals surface area contributed by atoms with Crippen LogP contribution in [0.4, 0.5) is 0 Å². The number of hydrogen-bond acceptors (Lipinski definition) is 3. The van der Waals surface area contributed by atoms with E-state index in [0.717, 1.165) is 36.8 Å². The molecular formula is C17H30N2O. The van der Waals surface area contributed by atoms with Crippen LogP contribution in [-0.2, 0) is 19.4 Å². The molecule has 0 amide bonds. The van der Waals surface area contributed by atoms with E-state index in [1.165, 1.54) is 18.4 Å². The highest BCUT2D eigenvalue weighted by atomic mass is 16.5. The smallest absolute Gasteiger partial charge is 0.140 e. The highest BCUT2D eigenvalue weighted by Gasteiger charge is 2.34. The first-order valence-electron chi connectivity index (χ1n) is 7.94. The highest BCUT2D eigenvalue weighted by molar-refractivity contribution is 5.26. The zero-order valence-electron chi connectivity index (χ0n) is 14.0. The van der Waals surface area contributed by atoms with Crippen LogP contribution in [0.3, 0.4) is 0 Å². The minimum atomic E-state index is 0.114. The van der Waals surface area contributed by atoms with Gasteiger partial charge in [0.15, 0.2) is 0 Å². The van der Waals surface area contributed by atoms with Crippen molar-refractivity contribution in [3.63, 3.8) is 0 Å². The molecule has 0 fully saturated rings. The van der Waals surface area contributed by atoms with Gasteiger partial charge in [-0.1, -0.05) is 32.3 Å². The monoisotopic (exact) mass is 278 g/mol. The van der Waals surface area contributed by atoms with Gasteiger partial charge in [-0.25, -0.2) is 0 Å². The third kappa shape index (κ3) is 3.43. The van der Waals surface area contributed by atoms with E-state index in [-0.39, 0.29) is 5.54 Å². The highest BCUT2D eigenvalue weighted by Crippen LogP contribution is 2.40. The van der Waals surface area contributed by atoms with E-state index in [4.69, 9.17) is 4.52 Å². The van der Waals surface area contributed by atoms with Crippen molar-refractivity contribution in [2.45, 2.75) is 79.3 Å². The molecule has 0 aromatic carbocycles. The first-order valence-corrected chi connectivity index (χ1v) is 7.94. The summed E-state index contributed by atoms with van der Waals surface area (Å²) in [4.78, 5) is 0. The molecule has 0 bridgehead atoms. The normalized spacial score (nSPS) is 20.0. The zero-order chi connectivity index (χ0) is 15.0. The van der Waals surface area contributed by atoms with Gasteiger partial charge in [-0.05, 0) is 44.9 Å². The quantitative estimate of drug-likeness (QED) is 0.901. The molecule has 1 atom stereocenters. The van der Waals surface area contributed by atoms with Gasteiger partial charge in [-0.15, -0.1) is 0 Å². The lowest BCUT2D eigenvalue weighted by atomic mass is 9.69. The van der Waals surface area contributed by atoms with Crippen LogP contribution in [0.15, 0.2) is 4.52 Å². The third-order valence-electron chi connectivity index (χ3n) is 4.92. The van der Waals surface area contributed by atoms with Crippen LogP contribution in [0.25, 0.3) is 0 Å². The molecule has 1 aromatic rings. The minimum absolute atomic E-state index is 0.114. The van der Waals surface area contributed by atoms with Crippen molar-refractivity contribution in [1.29, 1.82) is 0 Å². The van der Waals surface area contributed by atoms with E-state index in [9.17, 15) is 0 Å². The van der Waals surface area contributed by atoms with Gasteiger partial charge in [0.25, 0.3) is 0 Å². The van der Waals surface area contributed by atoms with Crippen LogP contribution in [0.5, 0.6) is 0 Å². The van der Waals surface area contributed by atoms with Crippen molar-refractivity contribution in [1.82, 2.24) is 10.5 Å². The molecule has 1 aliphatic rings. The predicted molar refractivity (Wildman–Crippen MR) is 82.7 cm³/mol. The first-order chi connectivity index (χ1) is 9.23. The number of nitrogens with one attached hydrogen (secondary N) is 1. The lowest BCUT2D eigenvalue weighted by Crippen LogP contribution is -2.36. The Morgan fingerprint density at radius 1 is 1.25 bits per heavy atom. The SMILES string of the molecule is CCC(C)(C)C1CCc2onc(CNC(C)(C)C)c2C1. The molecule has 20 heavy (non-hydrogen) atoms. The summed E-state index contributed by atoms with van der Waals surface area (Å²) in [6.45, 7) is 14.4. The lowest BCUT2D eigenvalue weighted by molar-refractivity contribution is 0.176. The summed E-state index contributed by atoms with van der Waals surface area (Å²) in [7, 11) is 0. The molecule has 1 unspecified atom stereocenters. The van der Waals surface area contributed by atoms with Crippen LogP contribution >= 0.6 is 0 Å². The van der Waals surface area contributed by atoms with E-state index < -0.39 is 0 Å². The number of rotatable bonds is 4. The summed E-state index contributed by atoms with van der Waals surface area (Å²) in [5.74, 6) is 1.87. The fourth-order valence-corrected chi connectivity index (χ4v) is 2.91. The molecule has 0 spiro atoms. The van der Waals surface area contributed by atoms with Crippen LogP contribution in [0.2, 0.25) is 0 Å². The summed E-state index contributed by atoms with van der Waals surface area (Å²) in [5, 5.41) is 7.83. The molecule has 0 saturated carbocycles. The lowest BCUT2D eigenvalue weighted by Gasteiger charge is -2.36. The fraction of sp³-hybridized carbons (Fsp3) is 0.824. The summed E-state index contributed by atoms with van der Waals surface area (Å²) in [6.07, 6.45) is 4.63. The Kier molecular flexibility index (Phi) is 4.29. The van der Waals surface area contributed by atoms with Crippen molar-refractivity contribution in [3.05, 3.63) is 17.0 Å². The summed E-state index contributed by atoms with van der Waals surface area (Å²) < 4.78 is 5.56. The molecule has 0 aliphatic heterocycles. The summed E-state index contributed by atoms with van der Waals surface area (Å²) >= 11 is 0. The van der Waals surface area contributed by atoms with Gasteiger partial charge in [0.1, 0.15) is 11.5 Å². The van der Waals surface area contributed by atoms with Crippen molar-refractivity contribution in [3.8, 4) is 0 Å². The Morgan fingerprint density at radius 3 is 2.55 bits per heavy atom. The van der Waals surface area contributed by atoms with Gasteiger partial charge in [-0.2, -0.15) is 0 Å². The van der Waals surface area contributed by atoms with Gasteiger partial charge in [0.05, 0.1) is 0 Å². The number of nitrogens with zero attached hydrogens (tertiary/aromatic N) is 1. The van der Waals surface area contributed by atoms with Crippen LogP contribution in [0.1, 0.15) is 71.4 Å². The largest absolute Gasteiger partial charge is 0.361 e. The zero-order valence-corrected chi connectivity index (χ0v) is 14.0. The van der Waals surface area contributed by atoms with E-state index in [2.05, 4.69) is 52.0 Å². The van der Waals surface area contributed by atoms with Gasteiger partial charge in [-0.3, -0.25) is 0 Å². The van der Waals surface area contributed by atoms with Crippen molar-refractivity contribution >= 4 is 0 Å². The first kappa shape index (κ1) is 15.6. The van der Waals surface area contributed by atoms with Crippen molar-refractivity contribution in [2.24, 2.45) is 11.3 Å². The Bertz CT molecular complexity index is 454. The number of aryl methyl sites for hydroxylation is 1. The fourth-order valence-electron chi connectivity index (χ4n) is 2.91. The van der Waals surface area contributed by atoms with Crippen molar-refractivity contribution < 1.29 is 4.52 Å². The maximum absolute atomic E-state index is 5.56. The number of fused-ring (bicyclic) bond motifs is 1. The standard InChI is InChI=1S/C17H30N2O/c1-7-17(5,6)12-8-9-15-13(10-12)14(19-20-15)11-18-16(2,3)4/h12,18H,7-11H2,1-6H3. The Labute approximate surface area is 123 Å². The summed E-state index contributed by atoms with van der Waals surface area (Å²) in [6, 6.07) is 0. The topological polar surface area (TPSA) is 38.1 Å². The number of hydrogen-bond donors (Lipinski definition) is 1. The second-order valence-corrected chi connectivity index (χ2v) is 7.92. The predicted octanol–water partition coefficient (Wildman–Crippen LogP) is 4.10. The molecule has 3 nitrogen and oxygen atoms in total. The Hall–Kier alpha value is -0.830. The van der Waals surface area contributed by atoms with E-state index >= 15 is 0 Å². The van der Waals surface area contributed by atoms with Gasteiger partial charge in [0.2, 0.25) is 0 Å². The molecule has 1 aliphatic carbocycles. The Morgan fingerprint density at radius 2 is 1.95 bits per heavy atom. The van der Waals surface area contributed by atoms with Gasteiger partial charge < -0.3 is 9.84 Å². The molecular weight excluding hydrogens is 248 g/mol.